The molecule has 2 aromatic heterocycles. The van der Waals surface area contributed by atoms with Crippen LogP contribution >= 0.6 is 15.9 Å². The van der Waals surface area contributed by atoms with E-state index in [4.69, 9.17) is 4.42 Å². The molecule has 0 spiro atoms. The second kappa shape index (κ2) is 5.17. The van der Waals surface area contributed by atoms with Gasteiger partial charge in [0, 0.05) is 5.56 Å². The minimum Gasteiger partial charge on any atom is -0.466 e. The van der Waals surface area contributed by atoms with Gasteiger partial charge < -0.3 is 9.73 Å². The van der Waals surface area contributed by atoms with E-state index in [0.717, 1.165) is 21.5 Å². The molecule has 19 heavy (non-hydrogen) atoms. The molecule has 0 bridgehead atoms. The highest BCUT2D eigenvalue weighted by Crippen LogP contribution is 2.23. The van der Waals surface area contributed by atoms with Crippen molar-refractivity contribution in [3.8, 4) is 0 Å². The number of halogens is 1. The fourth-order valence-corrected chi connectivity index (χ4v) is 2.16. The van der Waals surface area contributed by atoms with Gasteiger partial charge in [0.2, 0.25) is 0 Å². The number of nitrogens with zero attached hydrogens (tertiary/aromatic N) is 1. The number of hydrogen-bond acceptors (Lipinski definition) is 3. The zero-order valence-electron chi connectivity index (χ0n) is 11.3. The van der Waals surface area contributed by atoms with Crippen molar-refractivity contribution < 1.29 is 9.21 Å². The number of anilines is 1. The summed E-state index contributed by atoms with van der Waals surface area (Å²) in [6.07, 6.45) is 1.62. The summed E-state index contributed by atoms with van der Waals surface area (Å²) in [4.78, 5) is 16.4. The van der Waals surface area contributed by atoms with Crippen LogP contribution in [0.15, 0.2) is 21.3 Å². The van der Waals surface area contributed by atoms with Gasteiger partial charge in [0.15, 0.2) is 0 Å². The van der Waals surface area contributed by atoms with E-state index >= 15 is 0 Å². The first-order chi connectivity index (χ1) is 8.90. The van der Waals surface area contributed by atoms with Gasteiger partial charge in [-0.1, -0.05) is 0 Å². The molecule has 2 rings (SSSR count). The first kappa shape index (κ1) is 13.8. The number of pyridine rings is 1. The molecule has 1 N–H and O–H groups in total. The third kappa shape index (κ3) is 2.71. The molecular weight excluding hydrogens is 308 g/mol. The molecule has 0 saturated carbocycles. The molecule has 100 valence electrons. The maximum absolute atomic E-state index is 12.3. The molecule has 0 aliphatic rings. The fourth-order valence-electron chi connectivity index (χ4n) is 1.95. The zero-order valence-corrected chi connectivity index (χ0v) is 12.9. The smallest absolute Gasteiger partial charge is 0.259 e. The van der Waals surface area contributed by atoms with Gasteiger partial charge in [-0.3, -0.25) is 4.79 Å². The van der Waals surface area contributed by atoms with E-state index in [1.165, 1.54) is 0 Å². The number of carbonyl (C=O) groups excluding carboxylic acids is 1. The summed E-state index contributed by atoms with van der Waals surface area (Å²) in [5.74, 6) is 1.23. The molecule has 0 saturated heterocycles. The quantitative estimate of drug-likeness (QED) is 0.852. The minimum atomic E-state index is -0.171. The Morgan fingerprint density at radius 3 is 2.47 bits per heavy atom. The third-order valence-corrected chi connectivity index (χ3v) is 3.89. The fraction of sp³-hybridized carbons (Fsp3) is 0.286. The number of amides is 1. The molecule has 0 aliphatic heterocycles. The van der Waals surface area contributed by atoms with Gasteiger partial charge in [0.1, 0.15) is 16.1 Å². The topological polar surface area (TPSA) is 55.1 Å². The second-order valence-corrected chi connectivity index (χ2v) is 5.25. The van der Waals surface area contributed by atoms with Gasteiger partial charge in [-0.2, -0.15) is 0 Å². The lowest BCUT2D eigenvalue weighted by atomic mass is 10.1. The Labute approximate surface area is 120 Å². The highest BCUT2D eigenvalue weighted by molar-refractivity contribution is 9.10. The van der Waals surface area contributed by atoms with Crippen LogP contribution in [-0.4, -0.2) is 10.9 Å². The molecule has 2 aromatic rings. The number of aryl methyl sites for hydroxylation is 3. The lowest BCUT2D eigenvalue weighted by molar-refractivity contribution is 0.102. The van der Waals surface area contributed by atoms with E-state index in [1.54, 1.807) is 13.1 Å². The summed E-state index contributed by atoms with van der Waals surface area (Å²) in [5, 5.41) is 2.84. The molecule has 0 unspecified atom stereocenters. The average molecular weight is 323 g/mol. The predicted molar refractivity (Wildman–Crippen MR) is 77.5 cm³/mol. The summed E-state index contributed by atoms with van der Waals surface area (Å²) >= 11 is 3.33. The van der Waals surface area contributed by atoms with Gasteiger partial charge in [0.05, 0.1) is 17.4 Å². The van der Waals surface area contributed by atoms with Crippen molar-refractivity contribution >= 4 is 27.5 Å². The summed E-state index contributed by atoms with van der Waals surface area (Å²) in [7, 11) is 0. The van der Waals surface area contributed by atoms with E-state index in [1.807, 2.05) is 26.8 Å². The Morgan fingerprint density at radius 1 is 1.26 bits per heavy atom. The molecule has 5 heteroatoms. The lowest BCUT2D eigenvalue weighted by Crippen LogP contribution is -2.13. The Balaban J connectivity index is 2.28. The van der Waals surface area contributed by atoms with Crippen molar-refractivity contribution in [2.24, 2.45) is 0 Å². The predicted octanol–water partition coefficient (Wildman–Crippen LogP) is 3.92. The van der Waals surface area contributed by atoms with E-state index in [-0.39, 0.29) is 5.91 Å². The second-order valence-electron chi connectivity index (χ2n) is 4.50. The minimum absolute atomic E-state index is 0.171. The van der Waals surface area contributed by atoms with Crippen LogP contribution in [0.25, 0.3) is 0 Å². The van der Waals surface area contributed by atoms with Crippen molar-refractivity contribution in [2.45, 2.75) is 27.7 Å². The standard InChI is InChI=1S/C14H15BrN2O2/c1-7-5-11(6-16-13(7)15)17-14(18)12-8(2)9(3)19-10(12)4/h5-6H,1-4H3,(H,17,18). The molecule has 0 aliphatic carbocycles. The molecular formula is C14H15BrN2O2. The van der Waals surface area contributed by atoms with Gasteiger partial charge in [-0.05, 0) is 55.3 Å². The normalized spacial score (nSPS) is 10.6. The Hall–Kier alpha value is -1.62. The summed E-state index contributed by atoms with van der Waals surface area (Å²) in [6.45, 7) is 7.45. The first-order valence-electron chi connectivity index (χ1n) is 5.90. The highest BCUT2D eigenvalue weighted by atomic mass is 79.9. The summed E-state index contributed by atoms with van der Waals surface area (Å²) in [5.41, 5.74) is 3.10. The van der Waals surface area contributed by atoms with Crippen molar-refractivity contribution in [1.29, 1.82) is 0 Å². The van der Waals surface area contributed by atoms with Gasteiger partial charge >= 0.3 is 0 Å². The van der Waals surface area contributed by atoms with Crippen LogP contribution in [0.3, 0.4) is 0 Å². The third-order valence-electron chi connectivity index (χ3n) is 3.06. The maximum atomic E-state index is 12.3. The summed E-state index contributed by atoms with van der Waals surface area (Å²) < 4.78 is 6.24. The van der Waals surface area contributed by atoms with Crippen molar-refractivity contribution in [2.75, 3.05) is 5.32 Å². The first-order valence-corrected chi connectivity index (χ1v) is 6.69. The van der Waals surface area contributed by atoms with Crippen molar-refractivity contribution in [3.63, 3.8) is 0 Å². The number of carbonyl (C=O) groups is 1. The lowest BCUT2D eigenvalue weighted by Gasteiger charge is -2.06. The Kier molecular flexibility index (Phi) is 3.75. The van der Waals surface area contributed by atoms with E-state index in [0.29, 0.717) is 17.0 Å². The van der Waals surface area contributed by atoms with E-state index in [9.17, 15) is 4.79 Å². The van der Waals surface area contributed by atoms with Gasteiger partial charge in [-0.25, -0.2) is 4.98 Å². The Morgan fingerprint density at radius 2 is 1.95 bits per heavy atom. The number of rotatable bonds is 2. The van der Waals surface area contributed by atoms with Crippen LogP contribution in [0.1, 0.15) is 33.0 Å². The molecule has 0 aromatic carbocycles. The van der Waals surface area contributed by atoms with Crippen LogP contribution < -0.4 is 5.32 Å². The molecule has 0 radical (unpaired) electrons. The van der Waals surface area contributed by atoms with Crippen LogP contribution in [0.2, 0.25) is 0 Å². The number of hydrogen-bond donors (Lipinski definition) is 1. The van der Waals surface area contributed by atoms with Crippen molar-refractivity contribution in [1.82, 2.24) is 4.98 Å². The van der Waals surface area contributed by atoms with Crippen molar-refractivity contribution in [3.05, 3.63) is 45.1 Å². The van der Waals surface area contributed by atoms with Crippen LogP contribution in [0, 0.1) is 27.7 Å². The molecule has 0 fully saturated rings. The van der Waals surface area contributed by atoms with Crippen LogP contribution in [-0.2, 0) is 0 Å². The molecule has 0 atom stereocenters. The largest absolute Gasteiger partial charge is 0.466 e. The average Bonchev–Trinajstić information content (AvgIpc) is 2.58. The zero-order chi connectivity index (χ0) is 14.2. The molecule has 4 nitrogen and oxygen atoms in total. The number of nitrogens with one attached hydrogen (secondary N) is 1. The Bertz CT molecular complexity index is 647. The van der Waals surface area contributed by atoms with E-state index < -0.39 is 0 Å². The van der Waals surface area contributed by atoms with Crippen LogP contribution in [0.5, 0.6) is 0 Å². The maximum Gasteiger partial charge on any atom is 0.259 e. The molecule has 1 amide bonds. The molecule has 2 heterocycles. The van der Waals surface area contributed by atoms with Gasteiger partial charge in [-0.15, -0.1) is 0 Å². The van der Waals surface area contributed by atoms with Gasteiger partial charge in [0.25, 0.3) is 5.91 Å². The van der Waals surface area contributed by atoms with Crippen LogP contribution in [0.4, 0.5) is 5.69 Å². The highest BCUT2D eigenvalue weighted by Gasteiger charge is 2.18. The van der Waals surface area contributed by atoms with E-state index in [2.05, 4.69) is 26.2 Å². The SMILES string of the molecule is Cc1cc(NC(=O)c2c(C)oc(C)c2C)cnc1Br. The number of aromatic nitrogens is 1. The summed E-state index contributed by atoms with van der Waals surface area (Å²) in [6, 6.07) is 1.87. The number of furan rings is 1. The monoisotopic (exact) mass is 322 g/mol.